The molecule has 0 saturated heterocycles. The first-order chi connectivity index (χ1) is 9.05. The summed E-state index contributed by atoms with van der Waals surface area (Å²) < 4.78 is 0. The molecule has 3 heteroatoms. The molecule has 2 rings (SSSR count). The van der Waals surface area contributed by atoms with Gasteiger partial charge in [-0.05, 0) is 17.7 Å². The molecule has 0 saturated carbocycles. The second-order valence-corrected chi connectivity index (χ2v) is 10.7. The highest BCUT2D eigenvalue weighted by molar-refractivity contribution is 6.88. The van der Waals surface area contributed by atoms with E-state index >= 15 is 0 Å². The van der Waals surface area contributed by atoms with Crippen LogP contribution >= 0.6 is 0 Å². The molecule has 2 aromatic carbocycles. The number of para-hydroxylation sites is 1. The van der Waals surface area contributed by atoms with E-state index in [4.69, 9.17) is 0 Å². The van der Waals surface area contributed by atoms with Crippen molar-refractivity contribution in [1.82, 2.24) is 0 Å². The van der Waals surface area contributed by atoms with Crippen LogP contribution in [0.15, 0.2) is 59.7 Å². The Hall–Kier alpha value is -1.87. The molecule has 0 aliphatic carbocycles. The molecule has 19 heavy (non-hydrogen) atoms. The van der Waals surface area contributed by atoms with Gasteiger partial charge < -0.3 is 0 Å². The second kappa shape index (κ2) is 5.84. The van der Waals surface area contributed by atoms with Gasteiger partial charge in [0.05, 0.1) is 20.0 Å². The lowest BCUT2D eigenvalue weighted by Crippen LogP contribution is -2.37. The fourth-order valence-electron chi connectivity index (χ4n) is 1.76. The SMILES string of the molecule is C[Si](C)(C)c1ccc(C=NNc2ccccc2)cc1. The van der Waals surface area contributed by atoms with Gasteiger partial charge in [0, 0.05) is 0 Å². The third kappa shape index (κ3) is 4.07. The van der Waals surface area contributed by atoms with Crippen molar-refractivity contribution in [2.45, 2.75) is 19.6 Å². The Morgan fingerprint density at radius 3 is 2.11 bits per heavy atom. The topological polar surface area (TPSA) is 24.4 Å². The summed E-state index contributed by atoms with van der Waals surface area (Å²) >= 11 is 0. The number of anilines is 1. The summed E-state index contributed by atoms with van der Waals surface area (Å²) in [5.74, 6) is 0. The summed E-state index contributed by atoms with van der Waals surface area (Å²) in [6.07, 6.45) is 1.85. The normalized spacial score (nSPS) is 11.7. The number of rotatable bonds is 4. The number of hydrazone groups is 1. The lowest BCUT2D eigenvalue weighted by molar-refractivity contribution is 1.35. The van der Waals surface area contributed by atoms with Crippen LogP contribution in [0, 0.1) is 0 Å². The zero-order chi connectivity index (χ0) is 13.7. The zero-order valence-electron chi connectivity index (χ0n) is 11.7. The lowest BCUT2D eigenvalue weighted by Gasteiger charge is -2.16. The molecule has 1 N–H and O–H groups in total. The number of benzene rings is 2. The number of nitrogens with one attached hydrogen (secondary N) is 1. The fraction of sp³-hybridized carbons (Fsp3) is 0.188. The van der Waals surface area contributed by atoms with Crippen LogP contribution in [0.25, 0.3) is 0 Å². The maximum atomic E-state index is 4.24. The van der Waals surface area contributed by atoms with Crippen molar-refractivity contribution >= 4 is 25.2 Å². The van der Waals surface area contributed by atoms with E-state index in [0.717, 1.165) is 11.3 Å². The smallest absolute Gasteiger partial charge is 0.0775 e. The van der Waals surface area contributed by atoms with E-state index in [1.165, 1.54) is 5.19 Å². The van der Waals surface area contributed by atoms with Crippen molar-refractivity contribution in [3.63, 3.8) is 0 Å². The van der Waals surface area contributed by atoms with Crippen LogP contribution in [0.2, 0.25) is 19.6 Å². The average molecular weight is 268 g/mol. The van der Waals surface area contributed by atoms with Crippen LogP contribution in [-0.2, 0) is 0 Å². The first-order valence-corrected chi connectivity index (χ1v) is 10.0. The van der Waals surface area contributed by atoms with Crippen LogP contribution in [-0.4, -0.2) is 14.3 Å². The molecule has 0 amide bonds. The molecule has 0 aromatic heterocycles. The van der Waals surface area contributed by atoms with Gasteiger partial charge >= 0.3 is 0 Å². The Morgan fingerprint density at radius 2 is 1.53 bits per heavy atom. The second-order valence-electron chi connectivity index (χ2n) is 5.61. The molecule has 0 spiro atoms. The minimum Gasteiger partial charge on any atom is -0.279 e. The third-order valence-corrected chi connectivity index (χ3v) is 5.02. The summed E-state index contributed by atoms with van der Waals surface area (Å²) in [6.45, 7) is 7.06. The van der Waals surface area contributed by atoms with E-state index in [1.54, 1.807) is 0 Å². The highest BCUT2D eigenvalue weighted by Gasteiger charge is 2.15. The molecule has 98 valence electrons. The maximum absolute atomic E-state index is 4.24. The Balaban J connectivity index is 2.00. The average Bonchev–Trinajstić information content (AvgIpc) is 2.39. The lowest BCUT2D eigenvalue weighted by atomic mass is 10.2. The van der Waals surface area contributed by atoms with Crippen molar-refractivity contribution in [2.24, 2.45) is 5.10 Å². The van der Waals surface area contributed by atoms with Gasteiger partial charge in [-0.2, -0.15) is 5.10 Å². The highest BCUT2D eigenvalue weighted by Crippen LogP contribution is 2.05. The van der Waals surface area contributed by atoms with Gasteiger partial charge in [0.25, 0.3) is 0 Å². The zero-order valence-corrected chi connectivity index (χ0v) is 12.7. The van der Waals surface area contributed by atoms with E-state index in [2.05, 4.69) is 54.4 Å². The Kier molecular flexibility index (Phi) is 4.17. The van der Waals surface area contributed by atoms with Crippen LogP contribution < -0.4 is 10.6 Å². The molecular weight excluding hydrogens is 248 g/mol. The Labute approximate surface area is 116 Å². The minimum atomic E-state index is -1.20. The van der Waals surface area contributed by atoms with E-state index in [9.17, 15) is 0 Å². The van der Waals surface area contributed by atoms with Gasteiger partial charge in [-0.25, -0.2) is 0 Å². The molecule has 0 atom stereocenters. The van der Waals surface area contributed by atoms with E-state index in [0.29, 0.717) is 0 Å². The predicted molar refractivity (Wildman–Crippen MR) is 87.1 cm³/mol. The maximum Gasteiger partial charge on any atom is 0.0775 e. The highest BCUT2D eigenvalue weighted by atomic mass is 28.3. The monoisotopic (exact) mass is 268 g/mol. The van der Waals surface area contributed by atoms with Crippen LogP contribution in [0.1, 0.15) is 5.56 Å². The van der Waals surface area contributed by atoms with Gasteiger partial charge in [0.1, 0.15) is 0 Å². The molecule has 0 aliphatic rings. The van der Waals surface area contributed by atoms with E-state index in [1.807, 2.05) is 36.5 Å². The van der Waals surface area contributed by atoms with Crippen molar-refractivity contribution in [2.75, 3.05) is 5.43 Å². The van der Waals surface area contributed by atoms with Crippen molar-refractivity contribution in [1.29, 1.82) is 0 Å². The van der Waals surface area contributed by atoms with Gasteiger partial charge in [0.2, 0.25) is 0 Å². The summed E-state index contributed by atoms with van der Waals surface area (Å²) in [6, 6.07) is 18.6. The summed E-state index contributed by atoms with van der Waals surface area (Å²) in [7, 11) is -1.20. The molecule has 0 fully saturated rings. The van der Waals surface area contributed by atoms with Crippen molar-refractivity contribution < 1.29 is 0 Å². The molecular formula is C16H20N2Si. The van der Waals surface area contributed by atoms with E-state index < -0.39 is 8.07 Å². The van der Waals surface area contributed by atoms with Crippen LogP contribution in [0.3, 0.4) is 0 Å². The number of hydrogen-bond donors (Lipinski definition) is 1. The van der Waals surface area contributed by atoms with Gasteiger partial charge in [0.15, 0.2) is 0 Å². The summed E-state index contributed by atoms with van der Waals surface area (Å²) in [5.41, 5.74) is 5.13. The Bertz CT molecular complexity index is 539. The minimum absolute atomic E-state index is 0.998. The third-order valence-electron chi connectivity index (χ3n) is 2.96. The summed E-state index contributed by atoms with van der Waals surface area (Å²) in [5, 5.41) is 5.71. The van der Waals surface area contributed by atoms with Gasteiger partial charge in [-0.3, -0.25) is 5.43 Å². The van der Waals surface area contributed by atoms with Gasteiger partial charge in [-0.15, -0.1) is 0 Å². The molecule has 0 heterocycles. The van der Waals surface area contributed by atoms with Crippen molar-refractivity contribution in [3.05, 3.63) is 60.2 Å². The standard InChI is InChI=1S/C16H20N2Si/c1-19(2,3)16-11-9-14(10-12-16)13-17-18-15-7-5-4-6-8-15/h4-13,18H,1-3H3. The number of hydrogen-bond acceptors (Lipinski definition) is 2. The van der Waals surface area contributed by atoms with Crippen molar-refractivity contribution in [3.8, 4) is 0 Å². The first-order valence-electron chi connectivity index (χ1n) is 6.50. The fourth-order valence-corrected chi connectivity index (χ4v) is 2.93. The first kappa shape index (κ1) is 13.6. The Morgan fingerprint density at radius 1 is 0.895 bits per heavy atom. The molecule has 2 aromatic rings. The molecule has 0 unspecified atom stereocenters. The molecule has 2 nitrogen and oxygen atoms in total. The molecule has 0 bridgehead atoms. The quantitative estimate of drug-likeness (QED) is 0.510. The largest absolute Gasteiger partial charge is 0.279 e. The van der Waals surface area contributed by atoms with Gasteiger partial charge in [-0.1, -0.05) is 67.3 Å². The number of nitrogens with zero attached hydrogens (tertiary/aromatic N) is 1. The van der Waals surface area contributed by atoms with E-state index in [-0.39, 0.29) is 0 Å². The van der Waals surface area contributed by atoms with Crippen LogP contribution in [0.5, 0.6) is 0 Å². The molecule has 0 radical (unpaired) electrons. The summed E-state index contributed by atoms with van der Waals surface area (Å²) in [4.78, 5) is 0. The predicted octanol–water partition coefficient (Wildman–Crippen LogP) is 3.68. The van der Waals surface area contributed by atoms with Crippen LogP contribution in [0.4, 0.5) is 5.69 Å². The molecule has 0 aliphatic heterocycles.